The molecule has 3 heterocycles. The maximum Gasteiger partial charge on any atom is 0.239 e. The molecule has 8 nitrogen and oxygen atoms in total. The van der Waals surface area contributed by atoms with Crippen LogP contribution in [0.5, 0.6) is 0 Å². The number of aryl methyl sites for hydroxylation is 1. The number of anilines is 1. The van der Waals surface area contributed by atoms with Crippen LogP contribution >= 0.6 is 0 Å². The molecule has 1 atom stereocenters. The number of benzene rings is 1. The first-order chi connectivity index (χ1) is 12.6. The van der Waals surface area contributed by atoms with Crippen molar-refractivity contribution in [2.45, 2.75) is 13.0 Å². The molecular formula is C18H21N7O. The summed E-state index contributed by atoms with van der Waals surface area (Å²) in [5, 5.41) is 12.7. The van der Waals surface area contributed by atoms with Gasteiger partial charge in [-0.05, 0) is 24.6 Å². The Morgan fingerprint density at radius 3 is 2.46 bits per heavy atom. The summed E-state index contributed by atoms with van der Waals surface area (Å²) in [4.78, 5) is 16.4. The minimum absolute atomic E-state index is 0.315. The standard InChI is InChI=1S/C18H21N7O/c1-13-20-21-15-7-8-16(22-25(13)15)23-9-11-24(12-10-23)17(18(19)26)14-5-3-2-4-6-14/h2-8,17H,9-12H2,1H3,(H2,19,26). The molecule has 1 fully saturated rings. The summed E-state index contributed by atoms with van der Waals surface area (Å²) >= 11 is 0. The van der Waals surface area contributed by atoms with Crippen LogP contribution in [0.1, 0.15) is 17.4 Å². The zero-order valence-corrected chi connectivity index (χ0v) is 14.6. The lowest BCUT2D eigenvalue weighted by molar-refractivity contribution is -0.123. The summed E-state index contributed by atoms with van der Waals surface area (Å²) in [5.74, 6) is 1.33. The van der Waals surface area contributed by atoms with Crippen LogP contribution in [0.4, 0.5) is 5.82 Å². The van der Waals surface area contributed by atoms with Gasteiger partial charge in [0.15, 0.2) is 11.5 Å². The van der Waals surface area contributed by atoms with Gasteiger partial charge in [-0.2, -0.15) is 4.52 Å². The van der Waals surface area contributed by atoms with Gasteiger partial charge in [0, 0.05) is 26.2 Å². The second-order valence-electron chi connectivity index (χ2n) is 6.45. The number of carbonyl (C=O) groups is 1. The average Bonchev–Trinajstić information content (AvgIpc) is 3.04. The van der Waals surface area contributed by atoms with Gasteiger partial charge < -0.3 is 10.6 Å². The smallest absolute Gasteiger partial charge is 0.239 e. The second kappa shape index (κ2) is 6.72. The number of amides is 1. The third kappa shape index (κ3) is 2.99. The Balaban J connectivity index is 1.50. The van der Waals surface area contributed by atoms with E-state index in [1.165, 1.54) is 0 Å². The van der Waals surface area contributed by atoms with Gasteiger partial charge >= 0.3 is 0 Å². The largest absolute Gasteiger partial charge is 0.368 e. The molecule has 3 aromatic rings. The lowest BCUT2D eigenvalue weighted by Crippen LogP contribution is -2.50. The maximum absolute atomic E-state index is 12.0. The predicted octanol–water partition coefficient (Wildman–Crippen LogP) is 0.781. The first kappa shape index (κ1) is 16.5. The van der Waals surface area contributed by atoms with Gasteiger partial charge in [-0.1, -0.05) is 30.3 Å². The van der Waals surface area contributed by atoms with Gasteiger partial charge in [-0.3, -0.25) is 9.69 Å². The van der Waals surface area contributed by atoms with E-state index in [0.29, 0.717) is 0 Å². The number of rotatable bonds is 4. The minimum atomic E-state index is -0.395. The van der Waals surface area contributed by atoms with E-state index in [2.05, 4.69) is 25.1 Å². The molecule has 0 radical (unpaired) electrons. The van der Waals surface area contributed by atoms with Crippen LogP contribution in [0.25, 0.3) is 5.65 Å². The van der Waals surface area contributed by atoms with Gasteiger partial charge in [0.25, 0.3) is 0 Å². The van der Waals surface area contributed by atoms with E-state index in [1.54, 1.807) is 4.52 Å². The van der Waals surface area contributed by atoms with Gasteiger partial charge in [-0.15, -0.1) is 15.3 Å². The van der Waals surface area contributed by atoms with E-state index in [1.807, 2.05) is 49.4 Å². The van der Waals surface area contributed by atoms with E-state index in [9.17, 15) is 4.79 Å². The number of hydrogen-bond acceptors (Lipinski definition) is 6. The normalized spacial score (nSPS) is 16.7. The van der Waals surface area contributed by atoms with Crippen LogP contribution in [0.2, 0.25) is 0 Å². The van der Waals surface area contributed by atoms with Crippen molar-refractivity contribution in [3.8, 4) is 0 Å². The van der Waals surface area contributed by atoms with Crippen molar-refractivity contribution in [3.05, 3.63) is 53.9 Å². The molecular weight excluding hydrogens is 330 g/mol. The van der Waals surface area contributed by atoms with Crippen LogP contribution < -0.4 is 10.6 Å². The van der Waals surface area contributed by atoms with E-state index in [0.717, 1.165) is 49.0 Å². The fourth-order valence-electron chi connectivity index (χ4n) is 3.45. The van der Waals surface area contributed by atoms with Gasteiger partial charge in [0.05, 0.1) is 0 Å². The molecule has 4 rings (SSSR count). The topological polar surface area (TPSA) is 92.6 Å². The fourth-order valence-corrected chi connectivity index (χ4v) is 3.45. The SMILES string of the molecule is Cc1nnc2ccc(N3CCN(C(C(N)=O)c4ccccc4)CC3)nn12. The second-order valence-corrected chi connectivity index (χ2v) is 6.45. The zero-order chi connectivity index (χ0) is 18.1. The summed E-state index contributed by atoms with van der Waals surface area (Å²) in [6, 6.07) is 13.2. The monoisotopic (exact) mass is 351 g/mol. The van der Waals surface area contributed by atoms with Crippen LogP contribution in [0.15, 0.2) is 42.5 Å². The molecule has 26 heavy (non-hydrogen) atoms. The minimum Gasteiger partial charge on any atom is -0.368 e. The Kier molecular flexibility index (Phi) is 4.26. The highest BCUT2D eigenvalue weighted by Gasteiger charge is 2.29. The lowest BCUT2D eigenvalue weighted by atomic mass is 10.0. The van der Waals surface area contributed by atoms with Crippen molar-refractivity contribution < 1.29 is 4.79 Å². The number of fused-ring (bicyclic) bond motifs is 1. The quantitative estimate of drug-likeness (QED) is 0.747. The maximum atomic E-state index is 12.0. The van der Waals surface area contributed by atoms with E-state index < -0.39 is 6.04 Å². The van der Waals surface area contributed by atoms with Gasteiger partial charge in [0.1, 0.15) is 11.9 Å². The Hall–Kier alpha value is -3.00. The van der Waals surface area contributed by atoms with Crippen molar-refractivity contribution in [2.75, 3.05) is 31.1 Å². The first-order valence-corrected chi connectivity index (χ1v) is 8.66. The Morgan fingerprint density at radius 2 is 1.77 bits per heavy atom. The molecule has 134 valence electrons. The molecule has 0 bridgehead atoms. The van der Waals surface area contributed by atoms with Crippen LogP contribution in [-0.4, -0.2) is 56.8 Å². The van der Waals surface area contributed by atoms with Crippen LogP contribution in [-0.2, 0) is 4.79 Å². The Labute approximate surface area is 151 Å². The molecule has 1 unspecified atom stereocenters. The summed E-state index contributed by atoms with van der Waals surface area (Å²) in [6.07, 6.45) is 0. The van der Waals surface area contributed by atoms with Gasteiger partial charge in [-0.25, -0.2) is 0 Å². The highest BCUT2D eigenvalue weighted by molar-refractivity contribution is 5.81. The number of piperazine rings is 1. The molecule has 2 N–H and O–H groups in total. The molecule has 0 aliphatic carbocycles. The molecule has 1 aliphatic heterocycles. The number of primary amides is 1. The number of carbonyl (C=O) groups excluding carboxylic acids is 1. The molecule has 0 spiro atoms. The third-order valence-corrected chi connectivity index (χ3v) is 4.79. The van der Waals surface area contributed by atoms with E-state index in [4.69, 9.17) is 5.73 Å². The average molecular weight is 351 g/mol. The summed E-state index contributed by atoms with van der Waals surface area (Å²) in [7, 11) is 0. The fraction of sp³-hybridized carbons (Fsp3) is 0.333. The van der Waals surface area contributed by atoms with Crippen molar-refractivity contribution >= 4 is 17.4 Å². The molecule has 1 aliphatic rings. The van der Waals surface area contributed by atoms with E-state index >= 15 is 0 Å². The molecule has 1 saturated heterocycles. The highest BCUT2D eigenvalue weighted by Crippen LogP contribution is 2.23. The highest BCUT2D eigenvalue weighted by atomic mass is 16.1. The molecule has 0 saturated carbocycles. The van der Waals surface area contributed by atoms with Crippen molar-refractivity contribution in [1.82, 2.24) is 24.7 Å². The summed E-state index contributed by atoms with van der Waals surface area (Å²) < 4.78 is 1.75. The lowest BCUT2D eigenvalue weighted by Gasteiger charge is -2.38. The Morgan fingerprint density at radius 1 is 1.04 bits per heavy atom. The van der Waals surface area contributed by atoms with Gasteiger partial charge in [0.2, 0.25) is 5.91 Å². The summed E-state index contributed by atoms with van der Waals surface area (Å²) in [6.45, 7) is 4.91. The summed E-state index contributed by atoms with van der Waals surface area (Å²) in [5.41, 5.74) is 7.37. The molecule has 1 aromatic carbocycles. The van der Waals surface area contributed by atoms with Crippen LogP contribution in [0, 0.1) is 6.92 Å². The van der Waals surface area contributed by atoms with E-state index in [-0.39, 0.29) is 5.91 Å². The first-order valence-electron chi connectivity index (χ1n) is 8.66. The number of nitrogens with zero attached hydrogens (tertiary/aromatic N) is 6. The van der Waals surface area contributed by atoms with Crippen LogP contribution in [0.3, 0.4) is 0 Å². The van der Waals surface area contributed by atoms with Crippen molar-refractivity contribution in [1.29, 1.82) is 0 Å². The molecule has 8 heteroatoms. The molecule has 2 aromatic heterocycles. The van der Waals surface area contributed by atoms with Crippen molar-refractivity contribution in [3.63, 3.8) is 0 Å². The predicted molar refractivity (Wildman–Crippen MR) is 97.7 cm³/mol. The number of hydrogen-bond donors (Lipinski definition) is 1. The number of aromatic nitrogens is 4. The number of nitrogens with two attached hydrogens (primary N) is 1. The van der Waals surface area contributed by atoms with Crippen molar-refractivity contribution in [2.24, 2.45) is 5.73 Å². The third-order valence-electron chi connectivity index (χ3n) is 4.79. The molecule has 1 amide bonds. The zero-order valence-electron chi connectivity index (χ0n) is 14.6. The Bertz CT molecular complexity index is 916.